The number of nitrogens with zero attached hydrogens (tertiary/aromatic N) is 4. The van der Waals surface area contributed by atoms with Crippen LogP contribution in [-0.2, 0) is 9.53 Å². The first kappa shape index (κ1) is 26.3. The van der Waals surface area contributed by atoms with Crippen LogP contribution in [0.4, 0.5) is 5.69 Å². The van der Waals surface area contributed by atoms with Gasteiger partial charge in [-0.05, 0) is 51.2 Å². The molecular formula is C28H33N5O4S. The number of ether oxygens (including phenoxy) is 2. The summed E-state index contributed by atoms with van der Waals surface area (Å²) in [5.74, 6) is 0.771. The number of hydrogen-bond donors (Lipinski definition) is 1. The zero-order valence-corrected chi connectivity index (χ0v) is 22.8. The lowest BCUT2D eigenvalue weighted by Crippen LogP contribution is -2.44. The average Bonchev–Trinajstić information content (AvgIpc) is 3.38. The van der Waals surface area contributed by atoms with Crippen LogP contribution in [0.2, 0.25) is 0 Å². The Hall–Kier alpha value is -3.34. The van der Waals surface area contributed by atoms with Gasteiger partial charge in [-0.25, -0.2) is 4.98 Å². The molecule has 0 spiro atoms. The minimum Gasteiger partial charge on any atom is -0.496 e. The van der Waals surface area contributed by atoms with E-state index in [1.165, 1.54) is 11.3 Å². The third-order valence-corrected chi connectivity index (χ3v) is 8.19. The van der Waals surface area contributed by atoms with E-state index >= 15 is 0 Å². The largest absolute Gasteiger partial charge is 0.496 e. The van der Waals surface area contributed by atoms with Gasteiger partial charge in [-0.2, -0.15) is 0 Å². The van der Waals surface area contributed by atoms with Gasteiger partial charge in [0, 0.05) is 36.4 Å². The summed E-state index contributed by atoms with van der Waals surface area (Å²) >= 11 is 1.50. The molecule has 1 N–H and O–H groups in total. The number of methoxy groups -OCH3 is 1. The van der Waals surface area contributed by atoms with Gasteiger partial charge in [0.1, 0.15) is 5.75 Å². The molecule has 0 aliphatic carbocycles. The Balaban J connectivity index is 1.30. The van der Waals surface area contributed by atoms with Crippen molar-refractivity contribution in [2.24, 2.45) is 5.92 Å². The molecule has 1 aromatic carbocycles. The maximum atomic E-state index is 13.3. The number of benzene rings is 1. The van der Waals surface area contributed by atoms with Gasteiger partial charge in [0.2, 0.25) is 5.91 Å². The van der Waals surface area contributed by atoms with Crippen molar-refractivity contribution >= 4 is 28.8 Å². The minimum absolute atomic E-state index is 0.00863. The van der Waals surface area contributed by atoms with E-state index in [-0.39, 0.29) is 17.9 Å². The molecule has 2 aromatic heterocycles. The Bertz CT molecular complexity index is 1300. The molecule has 2 fully saturated rings. The van der Waals surface area contributed by atoms with Gasteiger partial charge in [-0.3, -0.25) is 14.6 Å². The normalized spacial score (nSPS) is 16.6. The van der Waals surface area contributed by atoms with Crippen LogP contribution in [-0.4, -0.2) is 85.1 Å². The van der Waals surface area contributed by atoms with E-state index in [0.29, 0.717) is 48.3 Å². The van der Waals surface area contributed by atoms with Crippen molar-refractivity contribution in [3.05, 3.63) is 47.6 Å². The number of hydrogen-bond acceptors (Lipinski definition) is 8. The summed E-state index contributed by atoms with van der Waals surface area (Å²) in [6, 6.07) is 7.67. The van der Waals surface area contributed by atoms with Crippen LogP contribution >= 0.6 is 11.3 Å². The third-order valence-electron chi connectivity index (χ3n) is 7.24. The molecule has 200 valence electrons. The van der Waals surface area contributed by atoms with Gasteiger partial charge in [0.05, 0.1) is 60.2 Å². The number of anilines is 1. The highest BCUT2D eigenvalue weighted by Crippen LogP contribution is 2.32. The van der Waals surface area contributed by atoms with E-state index in [2.05, 4.69) is 22.2 Å². The Morgan fingerprint density at radius 2 is 1.95 bits per heavy atom. The Labute approximate surface area is 226 Å². The monoisotopic (exact) mass is 535 g/mol. The Morgan fingerprint density at radius 1 is 1.18 bits per heavy atom. The summed E-state index contributed by atoms with van der Waals surface area (Å²) in [5, 5.41) is 4.86. The summed E-state index contributed by atoms with van der Waals surface area (Å²) in [4.78, 5) is 39.8. The highest BCUT2D eigenvalue weighted by Gasteiger charge is 2.27. The number of nitrogens with one attached hydrogen (secondary N) is 1. The van der Waals surface area contributed by atoms with Crippen molar-refractivity contribution < 1.29 is 19.1 Å². The summed E-state index contributed by atoms with van der Waals surface area (Å²) in [6.07, 6.45) is 5.80. The molecule has 0 bridgehead atoms. The summed E-state index contributed by atoms with van der Waals surface area (Å²) in [6.45, 7) is 3.28. The second kappa shape index (κ2) is 11.6. The van der Waals surface area contributed by atoms with Gasteiger partial charge in [0.25, 0.3) is 5.91 Å². The quantitative estimate of drug-likeness (QED) is 0.465. The van der Waals surface area contributed by atoms with Crippen LogP contribution in [0.15, 0.2) is 42.0 Å². The van der Waals surface area contributed by atoms with Crippen LogP contribution in [0.3, 0.4) is 0 Å². The van der Waals surface area contributed by atoms with Crippen LogP contribution in [0.25, 0.3) is 21.8 Å². The van der Waals surface area contributed by atoms with Crippen molar-refractivity contribution in [1.82, 2.24) is 19.8 Å². The molecule has 0 unspecified atom stereocenters. The number of rotatable bonds is 8. The topological polar surface area (TPSA) is 96.9 Å². The lowest BCUT2D eigenvalue weighted by atomic mass is 10.0. The van der Waals surface area contributed by atoms with E-state index in [1.54, 1.807) is 19.5 Å². The van der Waals surface area contributed by atoms with E-state index in [0.717, 1.165) is 42.1 Å². The second-order valence-electron chi connectivity index (χ2n) is 10.0. The SMILES string of the molecule is COc1cc(-c2cncc(-c3cc(NC(=O)CC4COC4)cs3)n2)ccc1C(=O)N(C)C1CCN(C)CC1. The number of aromatic nitrogens is 2. The number of carbonyl (C=O) groups is 2. The van der Waals surface area contributed by atoms with Crippen LogP contribution in [0.5, 0.6) is 5.75 Å². The van der Waals surface area contributed by atoms with E-state index in [1.807, 2.05) is 41.6 Å². The Morgan fingerprint density at radius 3 is 2.66 bits per heavy atom. The molecule has 0 saturated carbocycles. The molecule has 3 aromatic rings. The van der Waals surface area contributed by atoms with Gasteiger partial charge >= 0.3 is 0 Å². The first-order valence-corrected chi connectivity index (χ1v) is 13.7. The van der Waals surface area contributed by atoms with Crippen LogP contribution < -0.4 is 10.1 Å². The molecule has 4 heterocycles. The van der Waals surface area contributed by atoms with Gasteiger partial charge in [-0.15, -0.1) is 11.3 Å². The number of amides is 2. The Kier molecular flexibility index (Phi) is 8.01. The van der Waals surface area contributed by atoms with E-state index < -0.39 is 0 Å². The van der Waals surface area contributed by atoms with Crippen molar-refractivity contribution in [1.29, 1.82) is 0 Å². The van der Waals surface area contributed by atoms with E-state index in [9.17, 15) is 9.59 Å². The maximum absolute atomic E-state index is 13.3. The van der Waals surface area contributed by atoms with Gasteiger partial charge in [-0.1, -0.05) is 6.07 Å². The number of piperidine rings is 1. The number of carbonyl (C=O) groups excluding carboxylic acids is 2. The zero-order chi connectivity index (χ0) is 26.6. The summed E-state index contributed by atoms with van der Waals surface area (Å²) < 4.78 is 10.8. The zero-order valence-electron chi connectivity index (χ0n) is 22.0. The fourth-order valence-corrected chi connectivity index (χ4v) is 5.60. The molecule has 5 rings (SSSR count). The predicted molar refractivity (Wildman–Crippen MR) is 148 cm³/mol. The molecule has 38 heavy (non-hydrogen) atoms. The van der Waals surface area contributed by atoms with Gasteiger partial charge in [0.15, 0.2) is 0 Å². The summed E-state index contributed by atoms with van der Waals surface area (Å²) in [7, 11) is 5.56. The van der Waals surface area contributed by atoms with Gasteiger partial charge < -0.3 is 24.6 Å². The highest BCUT2D eigenvalue weighted by molar-refractivity contribution is 7.14. The summed E-state index contributed by atoms with van der Waals surface area (Å²) in [5.41, 5.74) is 3.48. The molecule has 2 aliphatic heterocycles. The van der Waals surface area contributed by atoms with Crippen molar-refractivity contribution in [2.75, 3.05) is 52.8 Å². The molecule has 2 amide bonds. The van der Waals surface area contributed by atoms with Crippen molar-refractivity contribution in [2.45, 2.75) is 25.3 Å². The van der Waals surface area contributed by atoms with Crippen LogP contribution in [0, 0.1) is 5.92 Å². The third kappa shape index (κ3) is 5.87. The second-order valence-corrected chi connectivity index (χ2v) is 10.9. The molecule has 9 nitrogen and oxygen atoms in total. The number of likely N-dealkylation sites (tertiary alicyclic amines) is 1. The average molecular weight is 536 g/mol. The van der Waals surface area contributed by atoms with Crippen LogP contribution in [0.1, 0.15) is 29.6 Å². The van der Waals surface area contributed by atoms with E-state index in [4.69, 9.17) is 14.5 Å². The fourth-order valence-electron chi connectivity index (χ4n) is 4.80. The fraction of sp³-hybridized carbons (Fsp3) is 0.429. The van der Waals surface area contributed by atoms with Crippen molar-refractivity contribution in [3.63, 3.8) is 0 Å². The molecule has 2 aliphatic rings. The standard InChI is InChI=1S/C28H33N5O4S/c1-32-8-6-21(7-9-32)33(2)28(35)22-5-4-19(11-25(22)36-3)23-13-29-14-24(31-23)26-12-20(17-38-26)30-27(34)10-18-15-37-16-18/h4-5,11-14,17-18,21H,6-10,15-16H2,1-3H3,(H,30,34). The predicted octanol–water partition coefficient (Wildman–Crippen LogP) is 4.02. The smallest absolute Gasteiger partial charge is 0.257 e. The first-order valence-electron chi connectivity index (χ1n) is 12.8. The number of thiophene rings is 1. The maximum Gasteiger partial charge on any atom is 0.257 e. The lowest BCUT2D eigenvalue weighted by Gasteiger charge is -2.35. The lowest BCUT2D eigenvalue weighted by molar-refractivity contribution is -0.121. The minimum atomic E-state index is -0.0409. The molecule has 10 heteroatoms. The molecule has 0 atom stereocenters. The molecular weight excluding hydrogens is 502 g/mol. The van der Waals surface area contributed by atoms with Crippen molar-refractivity contribution in [3.8, 4) is 27.6 Å². The highest BCUT2D eigenvalue weighted by atomic mass is 32.1. The molecule has 0 radical (unpaired) electrons. The first-order chi connectivity index (χ1) is 18.4. The molecule has 2 saturated heterocycles.